The van der Waals surface area contributed by atoms with Crippen molar-refractivity contribution in [1.82, 2.24) is 5.16 Å². The van der Waals surface area contributed by atoms with E-state index < -0.39 is 0 Å². The summed E-state index contributed by atoms with van der Waals surface area (Å²) in [6, 6.07) is 3.56. The van der Waals surface area contributed by atoms with Gasteiger partial charge in [0.1, 0.15) is 4.34 Å². The molecular formula is C8H5Cl2NOS2. The van der Waals surface area contributed by atoms with Gasteiger partial charge in [0, 0.05) is 11.8 Å². The number of thiol groups is 1. The molecular weight excluding hydrogens is 261 g/mol. The van der Waals surface area contributed by atoms with Gasteiger partial charge in [0.05, 0.1) is 15.6 Å². The first-order chi connectivity index (χ1) is 6.70. The maximum Gasteiger partial charge on any atom is 0.169 e. The van der Waals surface area contributed by atoms with Gasteiger partial charge < -0.3 is 4.52 Å². The Morgan fingerprint density at radius 1 is 1.43 bits per heavy atom. The van der Waals surface area contributed by atoms with Crippen molar-refractivity contribution in [2.24, 2.45) is 0 Å². The minimum Gasteiger partial charge on any atom is -0.356 e. The SMILES string of the molecule is SCc1cc(-c2cc(Cl)sc2Cl)on1. The normalized spacial score (nSPS) is 10.8. The van der Waals surface area contributed by atoms with Gasteiger partial charge in [0.15, 0.2) is 5.76 Å². The molecule has 0 fully saturated rings. The van der Waals surface area contributed by atoms with E-state index in [9.17, 15) is 0 Å². The highest BCUT2D eigenvalue weighted by Gasteiger charge is 2.12. The van der Waals surface area contributed by atoms with Crippen molar-refractivity contribution in [3.8, 4) is 11.3 Å². The summed E-state index contributed by atoms with van der Waals surface area (Å²) in [5.41, 5.74) is 1.56. The Morgan fingerprint density at radius 3 is 2.71 bits per heavy atom. The van der Waals surface area contributed by atoms with Gasteiger partial charge in [-0.25, -0.2) is 0 Å². The number of nitrogens with zero attached hydrogens (tertiary/aromatic N) is 1. The van der Waals surface area contributed by atoms with Crippen molar-refractivity contribution >= 4 is 47.2 Å². The van der Waals surface area contributed by atoms with E-state index in [1.165, 1.54) is 11.3 Å². The average Bonchev–Trinajstić information content (AvgIpc) is 2.71. The van der Waals surface area contributed by atoms with Gasteiger partial charge in [-0.05, 0) is 6.07 Å². The fourth-order valence-electron chi connectivity index (χ4n) is 1.02. The molecule has 6 heteroatoms. The second kappa shape index (κ2) is 4.14. The minimum atomic E-state index is 0.541. The highest BCUT2D eigenvalue weighted by molar-refractivity contribution is 7.79. The van der Waals surface area contributed by atoms with E-state index in [1.54, 1.807) is 12.1 Å². The van der Waals surface area contributed by atoms with Crippen molar-refractivity contribution in [1.29, 1.82) is 0 Å². The van der Waals surface area contributed by atoms with Crippen LogP contribution in [0.1, 0.15) is 5.69 Å². The first kappa shape index (κ1) is 10.4. The predicted octanol–water partition coefficient (Wildman–Crippen LogP) is 4.14. The Hall–Kier alpha value is -0.160. The van der Waals surface area contributed by atoms with E-state index in [-0.39, 0.29) is 0 Å². The molecule has 0 aliphatic rings. The van der Waals surface area contributed by atoms with Gasteiger partial charge in [-0.1, -0.05) is 28.4 Å². The summed E-state index contributed by atoms with van der Waals surface area (Å²) in [6.45, 7) is 0. The lowest BCUT2D eigenvalue weighted by molar-refractivity contribution is 0.426. The summed E-state index contributed by atoms with van der Waals surface area (Å²) in [6.07, 6.45) is 0. The molecule has 0 aliphatic carbocycles. The van der Waals surface area contributed by atoms with E-state index in [1.807, 2.05) is 0 Å². The largest absolute Gasteiger partial charge is 0.356 e. The molecule has 0 unspecified atom stereocenters. The number of aromatic nitrogens is 1. The first-order valence-electron chi connectivity index (χ1n) is 3.72. The van der Waals surface area contributed by atoms with Gasteiger partial charge in [-0.15, -0.1) is 11.3 Å². The average molecular weight is 266 g/mol. The fourth-order valence-corrected chi connectivity index (χ4v) is 2.64. The molecule has 74 valence electrons. The minimum absolute atomic E-state index is 0.541. The lowest BCUT2D eigenvalue weighted by Crippen LogP contribution is -1.71. The van der Waals surface area contributed by atoms with Crippen LogP contribution in [0.15, 0.2) is 16.7 Å². The molecule has 0 atom stereocenters. The van der Waals surface area contributed by atoms with Crippen LogP contribution in [-0.2, 0) is 5.75 Å². The molecule has 0 amide bonds. The van der Waals surface area contributed by atoms with Crippen LogP contribution >= 0.6 is 47.2 Å². The number of thiophene rings is 1. The van der Waals surface area contributed by atoms with Gasteiger partial charge >= 0.3 is 0 Å². The standard InChI is InChI=1S/C8H5Cl2NOS2/c9-7-2-5(8(10)14-7)6-1-4(3-13)11-12-6/h1-2,13H,3H2. The van der Waals surface area contributed by atoms with Gasteiger partial charge in [-0.2, -0.15) is 12.6 Å². The van der Waals surface area contributed by atoms with Crippen LogP contribution in [0.2, 0.25) is 8.67 Å². The van der Waals surface area contributed by atoms with Crippen LogP contribution in [0, 0.1) is 0 Å². The van der Waals surface area contributed by atoms with Crippen molar-refractivity contribution in [2.45, 2.75) is 5.75 Å². The van der Waals surface area contributed by atoms with Crippen LogP contribution < -0.4 is 0 Å². The summed E-state index contributed by atoms with van der Waals surface area (Å²) in [4.78, 5) is 0. The summed E-state index contributed by atoms with van der Waals surface area (Å²) >= 11 is 17.2. The van der Waals surface area contributed by atoms with Crippen molar-refractivity contribution in [2.75, 3.05) is 0 Å². The third kappa shape index (κ3) is 1.93. The summed E-state index contributed by atoms with van der Waals surface area (Å²) in [5, 5.41) is 3.81. The molecule has 0 aliphatic heterocycles. The molecule has 2 heterocycles. The Bertz CT molecular complexity index is 452. The van der Waals surface area contributed by atoms with E-state index in [4.69, 9.17) is 27.7 Å². The van der Waals surface area contributed by atoms with Crippen LogP contribution in [0.5, 0.6) is 0 Å². The first-order valence-corrected chi connectivity index (χ1v) is 5.93. The third-order valence-corrected chi connectivity index (χ3v) is 3.45. The highest BCUT2D eigenvalue weighted by Crippen LogP contribution is 2.38. The van der Waals surface area contributed by atoms with Crippen LogP contribution in [0.4, 0.5) is 0 Å². The third-order valence-electron chi connectivity index (χ3n) is 1.64. The van der Waals surface area contributed by atoms with E-state index in [0.717, 1.165) is 11.3 Å². The Balaban J connectivity index is 2.43. The molecule has 2 rings (SSSR count). The maximum atomic E-state index is 5.96. The molecule has 2 aromatic rings. The lowest BCUT2D eigenvalue weighted by atomic mass is 10.2. The van der Waals surface area contributed by atoms with Crippen molar-refractivity contribution < 1.29 is 4.52 Å². The zero-order chi connectivity index (χ0) is 10.1. The quantitative estimate of drug-likeness (QED) is 0.827. The number of halogens is 2. The number of hydrogen-bond donors (Lipinski definition) is 1. The Morgan fingerprint density at radius 2 is 2.21 bits per heavy atom. The molecule has 0 spiro atoms. The molecule has 2 nitrogen and oxygen atoms in total. The summed E-state index contributed by atoms with van der Waals surface area (Å²) in [5.74, 6) is 1.17. The summed E-state index contributed by atoms with van der Waals surface area (Å²) < 4.78 is 6.34. The van der Waals surface area contributed by atoms with Crippen LogP contribution in [-0.4, -0.2) is 5.16 Å². The van der Waals surface area contributed by atoms with E-state index in [0.29, 0.717) is 20.2 Å². The Labute approximate surface area is 100 Å². The van der Waals surface area contributed by atoms with E-state index >= 15 is 0 Å². The van der Waals surface area contributed by atoms with Crippen molar-refractivity contribution in [3.63, 3.8) is 0 Å². The molecule has 0 bridgehead atoms. The fraction of sp³-hybridized carbons (Fsp3) is 0.125. The lowest BCUT2D eigenvalue weighted by Gasteiger charge is -1.87. The Kier molecular flexibility index (Phi) is 3.07. The molecule has 0 saturated heterocycles. The van der Waals surface area contributed by atoms with E-state index in [2.05, 4.69) is 17.8 Å². The highest BCUT2D eigenvalue weighted by atomic mass is 35.5. The zero-order valence-corrected chi connectivity index (χ0v) is 10.1. The number of hydrogen-bond acceptors (Lipinski definition) is 4. The topological polar surface area (TPSA) is 26.0 Å². The van der Waals surface area contributed by atoms with Crippen LogP contribution in [0.3, 0.4) is 0 Å². The maximum absolute atomic E-state index is 5.96. The smallest absolute Gasteiger partial charge is 0.169 e. The molecule has 0 aromatic carbocycles. The number of rotatable bonds is 2. The second-order valence-corrected chi connectivity index (χ2v) is 5.18. The molecule has 14 heavy (non-hydrogen) atoms. The molecule has 0 saturated carbocycles. The summed E-state index contributed by atoms with van der Waals surface area (Å²) in [7, 11) is 0. The van der Waals surface area contributed by atoms with Crippen molar-refractivity contribution in [3.05, 3.63) is 26.5 Å². The van der Waals surface area contributed by atoms with Gasteiger partial charge in [0.2, 0.25) is 0 Å². The zero-order valence-electron chi connectivity index (χ0n) is 6.83. The molecule has 2 aromatic heterocycles. The monoisotopic (exact) mass is 265 g/mol. The second-order valence-electron chi connectivity index (χ2n) is 2.58. The van der Waals surface area contributed by atoms with Crippen LogP contribution in [0.25, 0.3) is 11.3 Å². The molecule has 0 radical (unpaired) electrons. The molecule has 0 N–H and O–H groups in total. The predicted molar refractivity (Wildman–Crippen MR) is 62.5 cm³/mol. The van der Waals surface area contributed by atoms with Gasteiger partial charge in [0.25, 0.3) is 0 Å². The van der Waals surface area contributed by atoms with Gasteiger partial charge in [-0.3, -0.25) is 0 Å².